The minimum atomic E-state index is 0.644. The molecule has 2 rings (SSSR count). The monoisotopic (exact) mass is 243 g/mol. The molecular formula is C13H17N5. The molecule has 0 aliphatic heterocycles. The molecule has 0 atom stereocenters. The Morgan fingerprint density at radius 3 is 2.83 bits per heavy atom. The zero-order valence-corrected chi connectivity index (χ0v) is 10.6. The van der Waals surface area contributed by atoms with Gasteiger partial charge in [-0.25, -0.2) is 4.98 Å². The van der Waals surface area contributed by atoms with Crippen LogP contribution in [0.15, 0.2) is 30.7 Å². The number of nitrogens with one attached hydrogen (secondary N) is 2. The molecule has 0 aliphatic carbocycles. The van der Waals surface area contributed by atoms with Gasteiger partial charge < -0.3 is 10.6 Å². The summed E-state index contributed by atoms with van der Waals surface area (Å²) in [6, 6.07) is 3.85. The molecule has 94 valence electrons. The van der Waals surface area contributed by atoms with Gasteiger partial charge in [-0.1, -0.05) is 0 Å². The summed E-state index contributed by atoms with van der Waals surface area (Å²) in [6.45, 7) is 5.61. The average molecular weight is 243 g/mol. The molecule has 0 unspecified atom stereocenters. The van der Waals surface area contributed by atoms with E-state index < -0.39 is 0 Å². The highest BCUT2D eigenvalue weighted by molar-refractivity contribution is 5.40. The van der Waals surface area contributed by atoms with Crippen molar-refractivity contribution in [1.82, 2.24) is 15.0 Å². The van der Waals surface area contributed by atoms with Crippen molar-refractivity contribution >= 4 is 11.8 Å². The Morgan fingerprint density at radius 2 is 2.06 bits per heavy atom. The van der Waals surface area contributed by atoms with Crippen LogP contribution in [0.5, 0.6) is 0 Å². The molecule has 2 aromatic heterocycles. The molecule has 5 nitrogen and oxygen atoms in total. The second kappa shape index (κ2) is 5.95. The van der Waals surface area contributed by atoms with Gasteiger partial charge in [0.25, 0.3) is 0 Å². The van der Waals surface area contributed by atoms with Crippen molar-refractivity contribution in [1.29, 1.82) is 0 Å². The fourth-order valence-corrected chi connectivity index (χ4v) is 1.57. The van der Waals surface area contributed by atoms with E-state index in [1.165, 1.54) is 11.1 Å². The molecule has 2 heterocycles. The molecule has 0 saturated heterocycles. The van der Waals surface area contributed by atoms with Crippen LogP contribution in [0.25, 0.3) is 0 Å². The van der Waals surface area contributed by atoms with E-state index in [0.717, 1.165) is 12.4 Å². The summed E-state index contributed by atoms with van der Waals surface area (Å²) >= 11 is 0. The van der Waals surface area contributed by atoms with Gasteiger partial charge in [0.1, 0.15) is 5.82 Å². The number of aromatic nitrogens is 3. The van der Waals surface area contributed by atoms with Gasteiger partial charge >= 0.3 is 0 Å². The van der Waals surface area contributed by atoms with Gasteiger partial charge in [-0.2, -0.15) is 4.98 Å². The molecule has 0 radical (unpaired) electrons. The van der Waals surface area contributed by atoms with E-state index in [2.05, 4.69) is 32.5 Å². The van der Waals surface area contributed by atoms with E-state index in [1.807, 2.05) is 25.3 Å². The van der Waals surface area contributed by atoms with Crippen molar-refractivity contribution in [2.75, 3.05) is 17.2 Å². The number of anilines is 2. The first-order chi connectivity index (χ1) is 8.79. The summed E-state index contributed by atoms with van der Waals surface area (Å²) in [5.74, 6) is 1.45. The minimum Gasteiger partial charge on any atom is -0.366 e. The number of hydrogen-bond acceptors (Lipinski definition) is 5. The molecule has 0 saturated carbocycles. The molecule has 2 aromatic rings. The van der Waals surface area contributed by atoms with Gasteiger partial charge in [0.05, 0.1) is 0 Å². The standard InChI is InChI=1S/C13H17N5/c1-3-15-13-16-7-5-12(18-13)17-9-11-8-14-6-4-10(11)2/h4-8H,3,9H2,1-2H3,(H2,15,16,17,18). The van der Waals surface area contributed by atoms with E-state index in [9.17, 15) is 0 Å². The summed E-state index contributed by atoms with van der Waals surface area (Å²) in [6.07, 6.45) is 5.41. The summed E-state index contributed by atoms with van der Waals surface area (Å²) in [5, 5.41) is 6.35. The van der Waals surface area contributed by atoms with Gasteiger partial charge in [-0.3, -0.25) is 4.98 Å². The van der Waals surface area contributed by atoms with Crippen LogP contribution >= 0.6 is 0 Å². The summed E-state index contributed by atoms with van der Waals surface area (Å²) in [7, 11) is 0. The molecule has 0 aliphatic rings. The van der Waals surface area contributed by atoms with Crippen molar-refractivity contribution in [2.45, 2.75) is 20.4 Å². The van der Waals surface area contributed by atoms with Gasteiger partial charge in [-0.05, 0) is 37.1 Å². The molecular weight excluding hydrogens is 226 g/mol. The van der Waals surface area contributed by atoms with Crippen molar-refractivity contribution in [3.05, 3.63) is 41.9 Å². The zero-order chi connectivity index (χ0) is 12.8. The maximum atomic E-state index is 4.35. The van der Waals surface area contributed by atoms with Crippen LogP contribution in [0.1, 0.15) is 18.1 Å². The largest absolute Gasteiger partial charge is 0.366 e. The van der Waals surface area contributed by atoms with Crippen molar-refractivity contribution in [3.8, 4) is 0 Å². The Kier molecular flexibility index (Phi) is 4.06. The third-order valence-corrected chi connectivity index (χ3v) is 2.60. The van der Waals surface area contributed by atoms with E-state index in [0.29, 0.717) is 12.5 Å². The first kappa shape index (κ1) is 12.3. The quantitative estimate of drug-likeness (QED) is 0.843. The predicted octanol–water partition coefficient (Wildman–Crippen LogP) is 2.22. The Balaban J connectivity index is 2.02. The van der Waals surface area contributed by atoms with Gasteiger partial charge in [0, 0.05) is 31.7 Å². The van der Waals surface area contributed by atoms with Crippen LogP contribution in [-0.4, -0.2) is 21.5 Å². The Morgan fingerprint density at radius 1 is 1.17 bits per heavy atom. The van der Waals surface area contributed by atoms with Crippen LogP contribution in [0.2, 0.25) is 0 Å². The highest BCUT2D eigenvalue weighted by Gasteiger charge is 2.00. The third-order valence-electron chi connectivity index (χ3n) is 2.60. The van der Waals surface area contributed by atoms with Crippen LogP contribution in [0, 0.1) is 6.92 Å². The van der Waals surface area contributed by atoms with Crippen LogP contribution < -0.4 is 10.6 Å². The first-order valence-electron chi connectivity index (χ1n) is 6.00. The van der Waals surface area contributed by atoms with E-state index in [-0.39, 0.29) is 0 Å². The summed E-state index contributed by atoms with van der Waals surface area (Å²) in [4.78, 5) is 12.6. The summed E-state index contributed by atoms with van der Waals surface area (Å²) in [5.41, 5.74) is 2.39. The molecule has 5 heteroatoms. The fraction of sp³-hybridized carbons (Fsp3) is 0.308. The predicted molar refractivity (Wildman–Crippen MR) is 72.5 cm³/mol. The second-order valence-corrected chi connectivity index (χ2v) is 3.95. The molecule has 18 heavy (non-hydrogen) atoms. The lowest BCUT2D eigenvalue weighted by molar-refractivity contribution is 1.03. The van der Waals surface area contributed by atoms with Crippen molar-refractivity contribution in [2.24, 2.45) is 0 Å². The second-order valence-electron chi connectivity index (χ2n) is 3.95. The highest BCUT2D eigenvalue weighted by atomic mass is 15.1. The molecule has 0 fully saturated rings. The molecule has 0 spiro atoms. The lowest BCUT2D eigenvalue weighted by atomic mass is 10.1. The maximum Gasteiger partial charge on any atom is 0.224 e. The Bertz CT molecular complexity index is 512. The molecule has 2 N–H and O–H groups in total. The number of rotatable bonds is 5. The molecule has 0 amide bonds. The van der Waals surface area contributed by atoms with Crippen LogP contribution in [0.3, 0.4) is 0 Å². The lowest BCUT2D eigenvalue weighted by Crippen LogP contribution is -2.06. The lowest BCUT2D eigenvalue weighted by Gasteiger charge is -2.08. The van der Waals surface area contributed by atoms with E-state index >= 15 is 0 Å². The third kappa shape index (κ3) is 3.16. The van der Waals surface area contributed by atoms with Gasteiger partial charge in [0.2, 0.25) is 5.95 Å². The average Bonchev–Trinajstić information content (AvgIpc) is 2.39. The molecule has 0 bridgehead atoms. The zero-order valence-electron chi connectivity index (χ0n) is 10.6. The Hall–Kier alpha value is -2.17. The van der Waals surface area contributed by atoms with Crippen molar-refractivity contribution in [3.63, 3.8) is 0 Å². The first-order valence-corrected chi connectivity index (χ1v) is 6.00. The van der Waals surface area contributed by atoms with Crippen LogP contribution in [0.4, 0.5) is 11.8 Å². The van der Waals surface area contributed by atoms with Crippen LogP contribution in [-0.2, 0) is 6.54 Å². The SMILES string of the molecule is CCNc1nccc(NCc2cnccc2C)n1. The van der Waals surface area contributed by atoms with Gasteiger partial charge in [-0.15, -0.1) is 0 Å². The highest BCUT2D eigenvalue weighted by Crippen LogP contribution is 2.10. The van der Waals surface area contributed by atoms with E-state index in [4.69, 9.17) is 0 Å². The number of hydrogen-bond donors (Lipinski definition) is 2. The normalized spacial score (nSPS) is 10.1. The smallest absolute Gasteiger partial charge is 0.224 e. The van der Waals surface area contributed by atoms with E-state index in [1.54, 1.807) is 12.4 Å². The number of aryl methyl sites for hydroxylation is 1. The summed E-state index contributed by atoms with van der Waals surface area (Å²) < 4.78 is 0. The fourth-order valence-electron chi connectivity index (χ4n) is 1.57. The maximum absolute atomic E-state index is 4.35. The number of pyridine rings is 1. The minimum absolute atomic E-state index is 0.644. The molecule has 0 aromatic carbocycles. The topological polar surface area (TPSA) is 62.7 Å². The number of nitrogens with zero attached hydrogens (tertiary/aromatic N) is 3. The van der Waals surface area contributed by atoms with Crippen molar-refractivity contribution < 1.29 is 0 Å². The van der Waals surface area contributed by atoms with Gasteiger partial charge in [0.15, 0.2) is 0 Å². The Labute approximate surface area is 107 Å².